The number of benzene rings is 1. The topological polar surface area (TPSA) is 59.3 Å². The maximum Gasteiger partial charge on any atom is 0.292 e. The van der Waals surface area contributed by atoms with Crippen molar-refractivity contribution in [3.05, 3.63) is 50.7 Å². The molecule has 0 bridgehead atoms. The van der Waals surface area contributed by atoms with Gasteiger partial charge < -0.3 is 4.90 Å². The van der Waals surface area contributed by atoms with Crippen molar-refractivity contribution in [2.24, 2.45) is 0 Å². The molecule has 5 nitrogen and oxygen atoms in total. The molecule has 0 fully saturated rings. The van der Waals surface area contributed by atoms with E-state index in [0.29, 0.717) is 6.54 Å². The van der Waals surface area contributed by atoms with E-state index in [1.807, 2.05) is 5.38 Å². The minimum atomic E-state index is -0.522. The molecule has 0 aliphatic heterocycles. The fraction of sp³-hybridized carbons (Fsp3) is 0.182. The molecule has 0 atom stereocenters. The molecule has 1 aromatic carbocycles. The Bertz CT molecular complexity index is 559. The standard InChI is InChI=1S/C11H10FN3O2S/c1-14(5-9-6-18-7-13-9)11-4-8(12)2-3-10(11)15(16)17/h2-4,6-7H,5H2,1H3. The average molecular weight is 267 g/mol. The van der Waals surface area contributed by atoms with E-state index in [9.17, 15) is 14.5 Å². The molecule has 0 spiro atoms. The summed E-state index contributed by atoms with van der Waals surface area (Å²) in [5.41, 5.74) is 2.60. The van der Waals surface area contributed by atoms with Crippen molar-refractivity contribution >= 4 is 22.7 Å². The van der Waals surface area contributed by atoms with Crippen molar-refractivity contribution in [3.8, 4) is 0 Å². The fourth-order valence-electron chi connectivity index (χ4n) is 1.60. The third-order valence-corrected chi connectivity index (χ3v) is 3.06. The zero-order chi connectivity index (χ0) is 13.1. The van der Waals surface area contributed by atoms with Gasteiger partial charge in [-0.1, -0.05) is 0 Å². The second-order valence-corrected chi connectivity index (χ2v) is 4.44. The molecule has 0 aliphatic rings. The van der Waals surface area contributed by atoms with Gasteiger partial charge in [0.1, 0.15) is 11.5 Å². The summed E-state index contributed by atoms with van der Waals surface area (Å²) in [6.45, 7) is 0.397. The van der Waals surface area contributed by atoms with Crippen LogP contribution in [-0.2, 0) is 6.54 Å². The van der Waals surface area contributed by atoms with Gasteiger partial charge in [-0.25, -0.2) is 9.37 Å². The predicted molar refractivity (Wildman–Crippen MR) is 67.3 cm³/mol. The smallest absolute Gasteiger partial charge is 0.292 e. The highest BCUT2D eigenvalue weighted by atomic mass is 32.1. The van der Waals surface area contributed by atoms with Crippen LogP contribution < -0.4 is 4.90 Å². The first-order chi connectivity index (χ1) is 8.58. The molecule has 1 aromatic heterocycles. The summed E-state index contributed by atoms with van der Waals surface area (Å²) < 4.78 is 13.2. The Labute approximate surface area is 107 Å². The van der Waals surface area contributed by atoms with Crippen molar-refractivity contribution in [2.45, 2.75) is 6.54 Å². The van der Waals surface area contributed by atoms with Crippen molar-refractivity contribution in [3.63, 3.8) is 0 Å². The quantitative estimate of drug-likeness (QED) is 0.631. The second kappa shape index (κ2) is 5.09. The van der Waals surface area contributed by atoms with Crippen LogP contribution in [0.15, 0.2) is 29.1 Å². The summed E-state index contributed by atoms with van der Waals surface area (Å²) in [5.74, 6) is -0.499. The first-order valence-corrected chi connectivity index (χ1v) is 6.04. The molecule has 2 rings (SSSR count). The predicted octanol–water partition coefficient (Wildman–Crippen LogP) is 2.83. The fourth-order valence-corrected chi connectivity index (χ4v) is 2.15. The van der Waals surface area contributed by atoms with Gasteiger partial charge in [0.25, 0.3) is 5.69 Å². The van der Waals surface area contributed by atoms with Gasteiger partial charge in [-0.15, -0.1) is 11.3 Å². The van der Waals surface area contributed by atoms with Crippen molar-refractivity contribution in [1.29, 1.82) is 0 Å². The number of nitro groups is 1. The van der Waals surface area contributed by atoms with Crippen molar-refractivity contribution < 1.29 is 9.31 Å². The van der Waals surface area contributed by atoms with E-state index < -0.39 is 10.7 Å². The zero-order valence-corrected chi connectivity index (χ0v) is 10.4. The van der Waals surface area contributed by atoms with Crippen LogP contribution in [0.3, 0.4) is 0 Å². The van der Waals surface area contributed by atoms with Gasteiger partial charge in [0.15, 0.2) is 0 Å². The molecular formula is C11H10FN3O2S. The Morgan fingerprint density at radius 3 is 2.94 bits per heavy atom. The van der Waals surface area contributed by atoms with E-state index in [4.69, 9.17) is 0 Å². The van der Waals surface area contributed by atoms with Gasteiger partial charge >= 0.3 is 0 Å². The number of nitro benzene ring substituents is 1. The summed E-state index contributed by atoms with van der Waals surface area (Å²) in [7, 11) is 1.67. The van der Waals surface area contributed by atoms with Gasteiger partial charge in [-0.3, -0.25) is 10.1 Å². The largest absolute Gasteiger partial charge is 0.363 e. The molecule has 0 unspecified atom stereocenters. The summed E-state index contributed by atoms with van der Waals surface area (Å²) in [5, 5.41) is 12.7. The first kappa shape index (κ1) is 12.4. The summed E-state index contributed by atoms with van der Waals surface area (Å²) in [4.78, 5) is 16.1. The highest BCUT2D eigenvalue weighted by molar-refractivity contribution is 7.07. The molecule has 94 valence electrons. The third-order valence-electron chi connectivity index (χ3n) is 2.43. The van der Waals surface area contributed by atoms with E-state index in [2.05, 4.69) is 4.98 Å². The normalized spacial score (nSPS) is 10.3. The highest BCUT2D eigenvalue weighted by Gasteiger charge is 2.18. The Morgan fingerprint density at radius 1 is 1.56 bits per heavy atom. The lowest BCUT2D eigenvalue weighted by molar-refractivity contribution is -0.384. The monoisotopic (exact) mass is 267 g/mol. The molecule has 0 aliphatic carbocycles. The molecule has 7 heteroatoms. The van der Waals surface area contributed by atoms with Gasteiger partial charge in [0.05, 0.1) is 22.7 Å². The molecular weight excluding hydrogens is 257 g/mol. The van der Waals surface area contributed by atoms with Gasteiger partial charge in [-0.05, 0) is 6.07 Å². The lowest BCUT2D eigenvalue weighted by Crippen LogP contribution is -2.18. The van der Waals surface area contributed by atoms with Gasteiger partial charge in [0.2, 0.25) is 0 Å². The Morgan fingerprint density at radius 2 is 2.33 bits per heavy atom. The number of rotatable bonds is 4. The average Bonchev–Trinajstić information content (AvgIpc) is 2.81. The van der Waals surface area contributed by atoms with Crippen LogP contribution in [0, 0.1) is 15.9 Å². The van der Waals surface area contributed by atoms with Crippen molar-refractivity contribution in [1.82, 2.24) is 4.98 Å². The number of anilines is 1. The van der Waals surface area contributed by atoms with Gasteiger partial charge in [-0.2, -0.15) is 0 Å². The number of hydrogen-bond donors (Lipinski definition) is 0. The molecule has 2 aromatic rings. The number of nitrogens with zero attached hydrogens (tertiary/aromatic N) is 3. The van der Waals surface area contributed by atoms with Crippen LogP contribution in [0.25, 0.3) is 0 Å². The van der Waals surface area contributed by atoms with Crippen molar-refractivity contribution in [2.75, 3.05) is 11.9 Å². The minimum Gasteiger partial charge on any atom is -0.363 e. The summed E-state index contributed by atoms with van der Waals surface area (Å²) in [6, 6.07) is 3.41. The lowest BCUT2D eigenvalue weighted by atomic mass is 10.2. The first-order valence-electron chi connectivity index (χ1n) is 5.10. The Kier molecular flexibility index (Phi) is 3.52. The maximum atomic E-state index is 13.2. The number of thiazole rings is 1. The maximum absolute atomic E-state index is 13.2. The Balaban J connectivity index is 2.31. The number of aromatic nitrogens is 1. The highest BCUT2D eigenvalue weighted by Crippen LogP contribution is 2.28. The Hall–Kier alpha value is -2.02. The van der Waals surface area contributed by atoms with Crippen LogP contribution in [-0.4, -0.2) is 17.0 Å². The van der Waals surface area contributed by atoms with E-state index in [-0.39, 0.29) is 11.4 Å². The van der Waals surface area contributed by atoms with E-state index in [1.54, 1.807) is 17.5 Å². The number of halogens is 1. The molecule has 18 heavy (non-hydrogen) atoms. The van der Waals surface area contributed by atoms with Crippen LogP contribution in [0.1, 0.15) is 5.69 Å². The zero-order valence-electron chi connectivity index (χ0n) is 9.54. The number of hydrogen-bond acceptors (Lipinski definition) is 5. The third kappa shape index (κ3) is 2.62. The molecule has 0 radical (unpaired) electrons. The SMILES string of the molecule is CN(Cc1cscn1)c1cc(F)ccc1[N+](=O)[O-]. The van der Waals surface area contributed by atoms with Crippen LogP contribution in [0.5, 0.6) is 0 Å². The minimum absolute atomic E-state index is 0.117. The van der Waals surface area contributed by atoms with E-state index in [1.165, 1.54) is 17.4 Å². The molecule has 0 N–H and O–H groups in total. The van der Waals surface area contributed by atoms with Crippen LogP contribution in [0.4, 0.5) is 15.8 Å². The van der Waals surface area contributed by atoms with Crippen LogP contribution in [0.2, 0.25) is 0 Å². The van der Waals surface area contributed by atoms with E-state index in [0.717, 1.165) is 17.8 Å². The summed E-state index contributed by atoms with van der Waals surface area (Å²) >= 11 is 1.44. The molecule has 0 saturated heterocycles. The molecule has 0 amide bonds. The summed E-state index contributed by atoms with van der Waals surface area (Å²) in [6.07, 6.45) is 0. The van der Waals surface area contributed by atoms with Gasteiger partial charge in [0, 0.05) is 24.6 Å². The molecule has 1 heterocycles. The van der Waals surface area contributed by atoms with Crippen LogP contribution >= 0.6 is 11.3 Å². The second-order valence-electron chi connectivity index (χ2n) is 3.73. The molecule has 0 saturated carbocycles. The van der Waals surface area contributed by atoms with E-state index >= 15 is 0 Å². The lowest BCUT2D eigenvalue weighted by Gasteiger charge is -2.17.